The molecule has 14 heteroatoms. The highest BCUT2D eigenvalue weighted by molar-refractivity contribution is 6.00. The van der Waals surface area contributed by atoms with Gasteiger partial charge in [-0.3, -0.25) is 4.98 Å². The van der Waals surface area contributed by atoms with E-state index in [1.807, 2.05) is 10.9 Å². The lowest BCUT2D eigenvalue weighted by molar-refractivity contribution is -0.192. The molecule has 0 amide bonds. The number of aliphatic carboxylic acids is 1. The molecule has 0 unspecified atom stereocenters. The van der Waals surface area contributed by atoms with Crippen LogP contribution in [0.1, 0.15) is 55.9 Å². The molecule has 1 saturated heterocycles. The van der Waals surface area contributed by atoms with Crippen LogP contribution in [0.25, 0.3) is 33.7 Å². The number of carbonyl (C=O) groups is 1. The Morgan fingerprint density at radius 1 is 1.16 bits per heavy atom. The van der Waals surface area contributed by atoms with Gasteiger partial charge in [0.15, 0.2) is 5.65 Å². The van der Waals surface area contributed by atoms with Gasteiger partial charge < -0.3 is 20.7 Å². The predicted octanol–water partition coefficient (Wildman–Crippen LogP) is 3.90. The van der Waals surface area contributed by atoms with Gasteiger partial charge in [-0.25, -0.2) is 19.4 Å². The van der Waals surface area contributed by atoms with Crippen LogP contribution in [0.15, 0.2) is 29.2 Å². The lowest BCUT2D eigenvalue weighted by Crippen LogP contribution is -2.39. The van der Waals surface area contributed by atoms with Crippen LogP contribution in [0.2, 0.25) is 0 Å². The van der Waals surface area contributed by atoms with E-state index in [0.29, 0.717) is 40.1 Å². The van der Waals surface area contributed by atoms with Gasteiger partial charge >= 0.3 is 12.1 Å². The summed E-state index contributed by atoms with van der Waals surface area (Å²) in [6, 6.07) is 4.33. The quantitative estimate of drug-likeness (QED) is 0.345. The third kappa shape index (κ3) is 4.78. The van der Waals surface area contributed by atoms with Crippen molar-refractivity contribution in [1.29, 1.82) is 0 Å². The first-order valence-corrected chi connectivity index (χ1v) is 12.0. The van der Waals surface area contributed by atoms with Gasteiger partial charge in [-0.1, -0.05) is 11.2 Å². The Labute approximate surface area is 214 Å². The fourth-order valence-electron chi connectivity index (χ4n) is 4.18. The first-order chi connectivity index (χ1) is 18.1. The van der Waals surface area contributed by atoms with Crippen molar-refractivity contribution in [1.82, 2.24) is 35.2 Å². The minimum atomic E-state index is -5.08. The molecular formula is C24H25F3N8O3. The molecule has 0 atom stereocenters. The Bertz CT molecular complexity index is 1470. The molecule has 0 radical (unpaired) electrons. The van der Waals surface area contributed by atoms with Crippen molar-refractivity contribution >= 4 is 22.8 Å². The smallest absolute Gasteiger partial charge is 0.475 e. The molecule has 2 fully saturated rings. The number of nitrogens with two attached hydrogens (primary N) is 1. The highest BCUT2D eigenvalue weighted by Crippen LogP contribution is 2.48. The average molecular weight is 531 g/mol. The third-order valence-corrected chi connectivity index (χ3v) is 6.44. The molecule has 0 aromatic carbocycles. The molecule has 1 aliphatic carbocycles. The zero-order valence-corrected chi connectivity index (χ0v) is 20.5. The number of nitrogens with one attached hydrogen (secondary N) is 1. The number of carboxylic acids is 1. The van der Waals surface area contributed by atoms with E-state index in [4.69, 9.17) is 30.2 Å². The van der Waals surface area contributed by atoms with Crippen LogP contribution in [0.4, 0.5) is 19.0 Å². The molecule has 1 aliphatic heterocycles. The number of alkyl halides is 3. The van der Waals surface area contributed by atoms with Gasteiger partial charge in [0.25, 0.3) is 0 Å². The van der Waals surface area contributed by atoms with Crippen LogP contribution in [0.3, 0.4) is 0 Å². The molecule has 0 bridgehead atoms. The van der Waals surface area contributed by atoms with Crippen LogP contribution < -0.4 is 11.1 Å². The van der Waals surface area contributed by atoms with Crippen LogP contribution >= 0.6 is 0 Å². The van der Waals surface area contributed by atoms with E-state index in [9.17, 15) is 13.2 Å². The Morgan fingerprint density at radius 3 is 2.39 bits per heavy atom. The topological polar surface area (TPSA) is 158 Å². The second-order valence-electron chi connectivity index (χ2n) is 9.52. The molecule has 200 valence electrons. The first-order valence-electron chi connectivity index (χ1n) is 12.0. The number of halogens is 3. The molecule has 6 rings (SSSR count). The molecule has 1 saturated carbocycles. The second-order valence-corrected chi connectivity index (χ2v) is 9.52. The van der Waals surface area contributed by atoms with Gasteiger partial charge in [0.1, 0.15) is 29.3 Å². The molecule has 4 N–H and O–H groups in total. The van der Waals surface area contributed by atoms with Crippen molar-refractivity contribution in [2.75, 3.05) is 18.8 Å². The standard InChI is InChI=1S/C22H24N8O.C2HF3O2/c1-11(2)30-22-17(21(23)26-10-27-22)18(28-30)19-16(20(31-29-19)12-3-4-12)15-6-5-13(9-25-15)14-7-24-8-14;3-2(4,5)1(6)7/h5-6,9-12,14,24H,3-4,7-8H2,1-2H3,(H2,23,26,27);(H,6,7). The van der Waals surface area contributed by atoms with Gasteiger partial charge in [0.2, 0.25) is 0 Å². The fraction of sp³-hybridized carbons (Fsp3) is 0.417. The highest BCUT2D eigenvalue weighted by Gasteiger charge is 2.38. The molecule has 38 heavy (non-hydrogen) atoms. The van der Waals surface area contributed by atoms with Crippen molar-refractivity contribution in [2.45, 2.75) is 50.7 Å². The number of rotatable bonds is 5. The molecule has 0 spiro atoms. The number of nitrogen functional groups attached to an aromatic ring is 1. The van der Waals surface area contributed by atoms with Crippen molar-refractivity contribution in [3.63, 3.8) is 0 Å². The number of hydrogen-bond acceptors (Lipinski definition) is 9. The first kappa shape index (κ1) is 25.6. The third-order valence-electron chi connectivity index (χ3n) is 6.44. The lowest BCUT2D eigenvalue weighted by atomic mass is 9.94. The predicted molar refractivity (Wildman–Crippen MR) is 130 cm³/mol. The van der Waals surface area contributed by atoms with Gasteiger partial charge in [-0.2, -0.15) is 18.3 Å². The fourth-order valence-corrected chi connectivity index (χ4v) is 4.18. The maximum absolute atomic E-state index is 10.6. The van der Waals surface area contributed by atoms with Crippen LogP contribution in [-0.4, -0.2) is 60.2 Å². The van der Waals surface area contributed by atoms with Gasteiger partial charge in [-0.05, 0) is 38.3 Å². The number of fused-ring (bicyclic) bond motifs is 1. The van der Waals surface area contributed by atoms with Crippen LogP contribution in [0.5, 0.6) is 0 Å². The zero-order valence-electron chi connectivity index (χ0n) is 20.5. The number of anilines is 1. The summed E-state index contributed by atoms with van der Waals surface area (Å²) in [6.07, 6.45) is 0.549. The zero-order chi connectivity index (χ0) is 27.2. The summed E-state index contributed by atoms with van der Waals surface area (Å²) in [5.41, 5.74) is 11.2. The maximum atomic E-state index is 10.6. The number of nitrogens with zero attached hydrogens (tertiary/aromatic N) is 6. The molecule has 2 aliphatic rings. The lowest BCUT2D eigenvalue weighted by Gasteiger charge is -2.27. The Kier molecular flexibility index (Phi) is 6.51. The maximum Gasteiger partial charge on any atom is 0.490 e. The molecular weight excluding hydrogens is 505 g/mol. The van der Waals surface area contributed by atoms with Gasteiger partial charge in [0.05, 0.1) is 16.6 Å². The molecule has 4 aromatic heterocycles. The summed E-state index contributed by atoms with van der Waals surface area (Å²) < 4.78 is 39.5. The summed E-state index contributed by atoms with van der Waals surface area (Å²) in [6.45, 7) is 6.13. The Morgan fingerprint density at radius 2 is 1.87 bits per heavy atom. The van der Waals surface area contributed by atoms with E-state index >= 15 is 0 Å². The molecule has 4 aromatic rings. The monoisotopic (exact) mass is 530 g/mol. The summed E-state index contributed by atoms with van der Waals surface area (Å²) in [4.78, 5) is 22.3. The number of pyridine rings is 1. The van der Waals surface area contributed by atoms with E-state index in [0.717, 1.165) is 42.9 Å². The van der Waals surface area contributed by atoms with E-state index < -0.39 is 12.1 Å². The summed E-state index contributed by atoms with van der Waals surface area (Å²) in [7, 11) is 0. The number of carboxylic acid groups (broad SMARTS) is 1. The normalized spacial score (nSPS) is 15.8. The minimum Gasteiger partial charge on any atom is -0.475 e. The van der Waals surface area contributed by atoms with Gasteiger partial charge in [-0.15, -0.1) is 0 Å². The van der Waals surface area contributed by atoms with Crippen molar-refractivity contribution < 1.29 is 27.6 Å². The van der Waals surface area contributed by atoms with Crippen molar-refractivity contribution in [2.24, 2.45) is 0 Å². The Balaban J connectivity index is 0.000000374. The van der Waals surface area contributed by atoms with Crippen molar-refractivity contribution in [3.8, 4) is 22.6 Å². The SMILES string of the molecule is CC(C)n1nc(-c2noc(C3CC3)c2-c2ccc(C3CNC3)cn2)c2c(N)ncnc21.O=C(O)C(F)(F)F. The van der Waals surface area contributed by atoms with Gasteiger partial charge in [0, 0.05) is 37.2 Å². The van der Waals surface area contributed by atoms with Crippen molar-refractivity contribution in [3.05, 3.63) is 36.0 Å². The Hall–Kier alpha value is -4.07. The van der Waals surface area contributed by atoms with Crippen LogP contribution in [0, 0.1) is 0 Å². The number of hydrogen-bond donors (Lipinski definition) is 3. The van der Waals surface area contributed by atoms with Crippen LogP contribution in [-0.2, 0) is 4.79 Å². The second kappa shape index (κ2) is 9.67. The summed E-state index contributed by atoms with van der Waals surface area (Å²) in [5, 5.41) is 20.4. The van der Waals surface area contributed by atoms with E-state index in [1.54, 1.807) is 0 Å². The van der Waals surface area contributed by atoms with E-state index in [1.165, 1.54) is 11.9 Å². The molecule has 11 nitrogen and oxygen atoms in total. The van der Waals surface area contributed by atoms with E-state index in [-0.39, 0.29) is 6.04 Å². The highest BCUT2D eigenvalue weighted by atomic mass is 19.4. The summed E-state index contributed by atoms with van der Waals surface area (Å²) in [5.74, 6) is -0.583. The molecule has 5 heterocycles. The number of aromatic nitrogens is 6. The van der Waals surface area contributed by atoms with E-state index in [2.05, 4.69) is 46.4 Å². The summed E-state index contributed by atoms with van der Waals surface area (Å²) >= 11 is 0. The minimum absolute atomic E-state index is 0.109. The average Bonchev–Trinajstić information content (AvgIpc) is 3.45. The largest absolute Gasteiger partial charge is 0.490 e.